The van der Waals surface area contributed by atoms with Crippen LogP contribution < -0.4 is 10.9 Å². The summed E-state index contributed by atoms with van der Waals surface area (Å²) in [6, 6.07) is 4.76. The largest absolute Gasteiger partial charge is 0.317 e. The number of likely N-dealkylation sites (N-methyl/N-ethyl adjacent to an activating group) is 1. The monoisotopic (exact) mass is 395 g/mol. The molecule has 1 aromatic carbocycles. The third-order valence-corrected chi connectivity index (χ3v) is 4.44. The van der Waals surface area contributed by atoms with E-state index in [0.29, 0.717) is 21.4 Å². The van der Waals surface area contributed by atoms with Crippen molar-refractivity contribution in [1.29, 1.82) is 0 Å². The van der Waals surface area contributed by atoms with Crippen molar-refractivity contribution in [1.82, 2.24) is 19.9 Å². The highest BCUT2D eigenvalue weighted by atomic mass is 35.5. The summed E-state index contributed by atoms with van der Waals surface area (Å²) in [6.07, 6.45) is 1.38. The second-order valence-corrected chi connectivity index (χ2v) is 6.73. The second kappa shape index (κ2) is 6.97. The van der Waals surface area contributed by atoms with Crippen molar-refractivity contribution in [3.8, 4) is 0 Å². The van der Waals surface area contributed by atoms with Crippen LogP contribution in [0.4, 0.5) is 5.69 Å². The van der Waals surface area contributed by atoms with Gasteiger partial charge in [-0.05, 0) is 25.1 Å². The molecule has 2 aromatic rings. The Balaban J connectivity index is 1.72. The lowest BCUT2D eigenvalue weighted by Crippen LogP contribution is -2.43. The van der Waals surface area contributed by atoms with Gasteiger partial charge in [0.1, 0.15) is 12.2 Å². The fourth-order valence-corrected chi connectivity index (χ4v) is 3.22. The highest BCUT2D eigenvalue weighted by molar-refractivity contribution is 6.35. The summed E-state index contributed by atoms with van der Waals surface area (Å²) in [6.45, 7) is 1.52. The minimum atomic E-state index is -0.538. The highest BCUT2D eigenvalue weighted by Crippen LogP contribution is 2.27. The number of imidazole rings is 1. The molecule has 2 heterocycles. The number of nitrogens with one attached hydrogen (secondary N) is 2. The summed E-state index contributed by atoms with van der Waals surface area (Å²) >= 11 is 11.8. The molecule has 0 saturated heterocycles. The number of nitrogens with zero attached hydrogens (tertiary/aromatic N) is 3. The van der Waals surface area contributed by atoms with E-state index in [1.54, 1.807) is 25.1 Å². The van der Waals surface area contributed by atoms with Crippen LogP contribution in [0.2, 0.25) is 10.0 Å². The molecule has 2 N–H and O–H groups in total. The molecule has 1 unspecified atom stereocenters. The predicted molar refractivity (Wildman–Crippen MR) is 96.0 cm³/mol. The Kier molecular flexibility index (Phi) is 4.88. The van der Waals surface area contributed by atoms with Gasteiger partial charge < -0.3 is 4.57 Å². The summed E-state index contributed by atoms with van der Waals surface area (Å²) in [5.74, 6) is -1.76. The Labute approximate surface area is 159 Å². The molecule has 3 rings (SSSR count). The predicted octanol–water partition coefficient (Wildman–Crippen LogP) is 2.05. The van der Waals surface area contributed by atoms with Crippen LogP contribution in [0, 0.1) is 0 Å². The highest BCUT2D eigenvalue weighted by Gasteiger charge is 2.38. The zero-order chi connectivity index (χ0) is 19.0. The summed E-state index contributed by atoms with van der Waals surface area (Å²) < 4.78 is 1.42. The van der Waals surface area contributed by atoms with Crippen LogP contribution in [0.3, 0.4) is 0 Å². The number of hydrogen-bond donors (Lipinski definition) is 2. The lowest BCUT2D eigenvalue weighted by atomic mass is 9.99. The van der Waals surface area contributed by atoms with E-state index in [1.165, 1.54) is 17.9 Å². The van der Waals surface area contributed by atoms with Gasteiger partial charge in [-0.3, -0.25) is 30.1 Å². The number of anilines is 1. The molecular formula is C16H15Cl2N5O3. The van der Waals surface area contributed by atoms with Crippen molar-refractivity contribution >= 4 is 46.6 Å². The molecule has 1 aromatic heterocycles. The van der Waals surface area contributed by atoms with Gasteiger partial charge in [-0.25, -0.2) is 4.98 Å². The summed E-state index contributed by atoms with van der Waals surface area (Å²) in [5, 5.41) is 0.843. The van der Waals surface area contributed by atoms with E-state index in [1.807, 2.05) is 0 Å². The molecule has 1 aliphatic rings. The molecule has 0 bridgehead atoms. The smallest absolute Gasteiger partial charge is 0.278 e. The van der Waals surface area contributed by atoms with E-state index in [4.69, 9.17) is 23.2 Å². The molecule has 1 aliphatic heterocycles. The number of imide groups is 1. The maximum Gasteiger partial charge on any atom is 0.278 e. The van der Waals surface area contributed by atoms with Crippen molar-refractivity contribution in [2.24, 2.45) is 0 Å². The van der Waals surface area contributed by atoms with Gasteiger partial charge in [0.2, 0.25) is 5.91 Å². The topological polar surface area (TPSA) is 96.3 Å². The number of amides is 3. The SMILES string of the molecule is CC1C(=O)N(C)C(=O)c2c1ncn2CC(=O)NNc1cc(Cl)cc(Cl)c1. The Morgan fingerprint density at radius 2 is 1.88 bits per heavy atom. The molecular weight excluding hydrogens is 381 g/mol. The fraction of sp³-hybridized carbons (Fsp3) is 0.250. The van der Waals surface area contributed by atoms with E-state index in [2.05, 4.69) is 15.8 Å². The van der Waals surface area contributed by atoms with E-state index in [9.17, 15) is 14.4 Å². The van der Waals surface area contributed by atoms with Crippen molar-refractivity contribution in [2.75, 3.05) is 12.5 Å². The molecule has 136 valence electrons. The summed E-state index contributed by atoms with van der Waals surface area (Å²) in [4.78, 5) is 41.7. The Bertz CT molecular complexity index is 891. The van der Waals surface area contributed by atoms with Gasteiger partial charge in [0.25, 0.3) is 11.8 Å². The number of aromatic nitrogens is 2. The molecule has 0 radical (unpaired) electrons. The standard InChI is InChI=1S/C16H15Cl2N5O3/c1-8-13-14(16(26)22(2)15(8)25)23(7-19-13)6-12(24)21-20-11-4-9(17)3-10(18)5-11/h3-5,7-8,20H,6H2,1-2H3,(H,21,24). The van der Waals surface area contributed by atoms with E-state index < -0.39 is 17.7 Å². The molecule has 0 aliphatic carbocycles. The number of rotatable bonds is 4. The van der Waals surface area contributed by atoms with Crippen LogP contribution in [0.5, 0.6) is 0 Å². The lowest BCUT2D eigenvalue weighted by Gasteiger charge is -2.25. The second-order valence-electron chi connectivity index (χ2n) is 5.86. The van der Waals surface area contributed by atoms with Crippen molar-refractivity contribution in [3.05, 3.63) is 46.0 Å². The van der Waals surface area contributed by atoms with Gasteiger partial charge in [0.15, 0.2) is 0 Å². The molecule has 0 fully saturated rings. The fourth-order valence-electron chi connectivity index (χ4n) is 2.70. The molecule has 26 heavy (non-hydrogen) atoms. The van der Waals surface area contributed by atoms with Gasteiger partial charge in [-0.2, -0.15) is 0 Å². The first-order valence-electron chi connectivity index (χ1n) is 7.65. The first kappa shape index (κ1) is 18.2. The van der Waals surface area contributed by atoms with Crippen LogP contribution in [-0.2, 0) is 16.1 Å². The van der Waals surface area contributed by atoms with E-state index in [-0.39, 0.29) is 18.1 Å². The third-order valence-electron chi connectivity index (χ3n) is 4.01. The van der Waals surface area contributed by atoms with Crippen LogP contribution in [-0.4, -0.2) is 39.2 Å². The Morgan fingerprint density at radius 3 is 2.54 bits per heavy atom. The molecule has 10 heteroatoms. The van der Waals surface area contributed by atoms with Crippen molar-refractivity contribution in [3.63, 3.8) is 0 Å². The van der Waals surface area contributed by atoms with Gasteiger partial charge in [0, 0.05) is 17.1 Å². The normalized spacial score (nSPS) is 16.5. The minimum Gasteiger partial charge on any atom is -0.317 e. The van der Waals surface area contributed by atoms with Gasteiger partial charge in [-0.15, -0.1) is 0 Å². The quantitative estimate of drug-likeness (QED) is 0.609. The maximum absolute atomic E-state index is 12.4. The van der Waals surface area contributed by atoms with Crippen LogP contribution in [0.1, 0.15) is 29.0 Å². The maximum atomic E-state index is 12.4. The third kappa shape index (κ3) is 3.38. The number of hydrogen-bond acceptors (Lipinski definition) is 5. The molecule has 0 spiro atoms. The summed E-state index contributed by atoms with van der Waals surface area (Å²) in [7, 11) is 1.41. The average Bonchev–Trinajstić information content (AvgIpc) is 2.99. The Morgan fingerprint density at radius 1 is 1.23 bits per heavy atom. The molecule has 3 amide bonds. The van der Waals surface area contributed by atoms with Crippen molar-refractivity contribution < 1.29 is 14.4 Å². The van der Waals surface area contributed by atoms with Crippen LogP contribution in [0.25, 0.3) is 0 Å². The van der Waals surface area contributed by atoms with Crippen LogP contribution in [0.15, 0.2) is 24.5 Å². The number of carbonyl (C=O) groups is 3. The van der Waals surface area contributed by atoms with E-state index in [0.717, 1.165) is 4.90 Å². The Hall–Kier alpha value is -2.58. The molecule has 1 atom stereocenters. The summed E-state index contributed by atoms with van der Waals surface area (Å²) in [5.41, 5.74) is 6.33. The van der Waals surface area contributed by atoms with Crippen molar-refractivity contribution in [2.45, 2.75) is 19.4 Å². The minimum absolute atomic E-state index is 0.149. The number of hydrazine groups is 1. The zero-order valence-electron chi connectivity index (χ0n) is 13.9. The van der Waals surface area contributed by atoms with Gasteiger partial charge in [-0.1, -0.05) is 23.2 Å². The number of fused-ring (bicyclic) bond motifs is 1. The zero-order valence-corrected chi connectivity index (χ0v) is 15.4. The van der Waals surface area contributed by atoms with Gasteiger partial charge >= 0.3 is 0 Å². The first-order chi connectivity index (χ1) is 12.3. The molecule has 0 saturated carbocycles. The number of carbonyl (C=O) groups excluding carboxylic acids is 3. The number of benzene rings is 1. The molecule has 8 nitrogen and oxygen atoms in total. The lowest BCUT2D eigenvalue weighted by molar-refractivity contribution is -0.129. The average molecular weight is 396 g/mol. The van der Waals surface area contributed by atoms with Crippen LogP contribution >= 0.6 is 23.2 Å². The van der Waals surface area contributed by atoms with E-state index >= 15 is 0 Å². The first-order valence-corrected chi connectivity index (χ1v) is 8.41. The number of halogens is 2. The van der Waals surface area contributed by atoms with Gasteiger partial charge in [0.05, 0.1) is 23.6 Å².